The van der Waals surface area contributed by atoms with Gasteiger partial charge in [0, 0.05) is 31.1 Å². The van der Waals surface area contributed by atoms with Crippen LogP contribution in [0.5, 0.6) is 5.75 Å². The van der Waals surface area contributed by atoms with Crippen LogP contribution in [-0.4, -0.2) is 36.5 Å². The Morgan fingerprint density at radius 3 is 2.56 bits per heavy atom. The van der Waals surface area contributed by atoms with Gasteiger partial charge in [0.15, 0.2) is 0 Å². The highest BCUT2D eigenvalue weighted by Gasteiger charge is 2.11. The van der Waals surface area contributed by atoms with E-state index in [4.69, 9.17) is 4.74 Å². The zero-order valence-electron chi connectivity index (χ0n) is 15.7. The molecule has 0 unspecified atom stereocenters. The number of aryl methyl sites for hydroxylation is 1. The first-order valence-electron chi connectivity index (χ1n) is 9.04. The van der Waals surface area contributed by atoms with Gasteiger partial charge in [0.05, 0.1) is 7.11 Å². The number of benzene rings is 2. The quantitative estimate of drug-likeness (QED) is 0.700. The summed E-state index contributed by atoms with van der Waals surface area (Å²) in [6.07, 6.45) is 1.54. The normalized spacial score (nSPS) is 10.7. The largest absolute Gasteiger partial charge is 0.497 e. The van der Waals surface area contributed by atoms with Gasteiger partial charge in [0.1, 0.15) is 5.75 Å². The lowest BCUT2D eigenvalue weighted by Crippen LogP contribution is -2.29. The van der Waals surface area contributed by atoms with Crippen LogP contribution in [0.2, 0.25) is 0 Å². The topological polar surface area (TPSA) is 62.4 Å². The molecule has 0 spiro atoms. The van der Waals surface area contributed by atoms with Crippen molar-refractivity contribution in [3.63, 3.8) is 0 Å². The molecule has 0 aliphatic heterocycles. The van der Waals surface area contributed by atoms with Crippen molar-refractivity contribution in [2.24, 2.45) is 0 Å². The van der Waals surface area contributed by atoms with Crippen molar-refractivity contribution in [2.45, 2.75) is 19.3 Å². The summed E-state index contributed by atoms with van der Waals surface area (Å²) in [6.45, 7) is 0.638. The second-order valence-electron chi connectivity index (χ2n) is 6.62. The number of nitrogens with zero attached hydrogens (tertiary/aromatic N) is 1. The fraction of sp³-hybridized carbons (Fsp3) is 0.273. The van der Waals surface area contributed by atoms with Crippen molar-refractivity contribution >= 4 is 16.8 Å². The van der Waals surface area contributed by atoms with E-state index in [-0.39, 0.29) is 11.5 Å². The number of hydrogen-bond acceptors (Lipinski definition) is 3. The van der Waals surface area contributed by atoms with Crippen LogP contribution in [-0.2, 0) is 17.6 Å². The van der Waals surface area contributed by atoms with E-state index >= 15 is 0 Å². The lowest BCUT2D eigenvalue weighted by Gasteiger charge is -2.17. The minimum absolute atomic E-state index is 0.0380. The molecule has 0 saturated heterocycles. The number of para-hydroxylation sites is 1. The molecule has 140 valence electrons. The molecule has 1 N–H and O–H groups in total. The van der Waals surface area contributed by atoms with Crippen LogP contribution in [0.1, 0.15) is 17.5 Å². The summed E-state index contributed by atoms with van der Waals surface area (Å²) < 4.78 is 5.15. The standard InChI is InChI=1S/C22H24N2O3/c1-24(14-13-16-7-10-19(27-2)11-8-16)21(25)12-9-18-15-17-5-3-4-6-20(17)23-22(18)26/h3-8,10-11,15H,9,12-14H2,1-2H3,(H,23,26). The van der Waals surface area contributed by atoms with E-state index in [1.807, 2.05) is 54.6 Å². The van der Waals surface area contributed by atoms with Crippen LogP contribution in [0.15, 0.2) is 59.4 Å². The molecule has 3 aromatic rings. The van der Waals surface area contributed by atoms with E-state index in [9.17, 15) is 9.59 Å². The Morgan fingerprint density at radius 1 is 1.07 bits per heavy atom. The molecule has 0 saturated carbocycles. The lowest BCUT2D eigenvalue weighted by atomic mass is 10.1. The number of methoxy groups -OCH3 is 1. The number of nitrogens with one attached hydrogen (secondary N) is 1. The number of rotatable bonds is 7. The number of amides is 1. The summed E-state index contributed by atoms with van der Waals surface area (Å²) in [5, 5.41) is 0.979. The molecule has 0 aliphatic rings. The van der Waals surface area contributed by atoms with Crippen LogP contribution in [0.4, 0.5) is 0 Å². The predicted octanol–water partition coefficient (Wildman–Crippen LogP) is 3.17. The van der Waals surface area contributed by atoms with Crippen LogP contribution in [0.3, 0.4) is 0 Å². The van der Waals surface area contributed by atoms with E-state index < -0.39 is 0 Å². The van der Waals surface area contributed by atoms with Crippen LogP contribution >= 0.6 is 0 Å². The molecule has 2 aromatic carbocycles. The third-order valence-electron chi connectivity index (χ3n) is 4.76. The Balaban J connectivity index is 1.55. The van der Waals surface area contributed by atoms with E-state index in [1.54, 1.807) is 19.1 Å². The lowest BCUT2D eigenvalue weighted by molar-refractivity contribution is -0.129. The highest BCUT2D eigenvalue weighted by atomic mass is 16.5. The molecular weight excluding hydrogens is 340 g/mol. The van der Waals surface area contributed by atoms with Gasteiger partial charge >= 0.3 is 0 Å². The van der Waals surface area contributed by atoms with E-state index in [1.165, 1.54) is 0 Å². The number of aromatic amines is 1. The number of carbonyl (C=O) groups excluding carboxylic acids is 1. The number of H-pyrrole nitrogens is 1. The molecule has 1 aromatic heterocycles. The second kappa shape index (κ2) is 8.54. The summed E-state index contributed by atoms with van der Waals surface area (Å²) >= 11 is 0. The minimum Gasteiger partial charge on any atom is -0.497 e. The molecule has 1 amide bonds. The Labute approximate surface area is 158 Å². The van der Waals surface area contributed by atoms with Gasteiger partial charge in [-0.1, -0.05) is 30.3 Å². The fourth-order valence-corrected chi connectivity index (χ4v) is 3.02. The molecule has 0 aliphatic carbocycles. The maximum Gasteiger partial charge on any atom is 0.251 e. The average Bonchev–Trinajstić information content (AvgIpc) is 2.70. The Hall–Kier alpha value is -3.08. The van der Waals surface area contributed by atoms with Crippen molar-refractivity contribution in [3.8, 4) is 5.75 Å². The van der Waals surface area contributed by atoms with Crippen molar-refractivity contribution in [2.75, 3.05) is 20.7 Å². The SMILES string of the molecule is COc1ccc(CCN(C)C(=O)CCc2cc3ccccc3[nH]c2=O)cc1. The number of likely N-dealkylation sites (N-methyl/N-ethyl adjacent to an activating group) is 1. The Kier molecular flexibility index (Phi) is 5.91. The molecule has 5 heteroatoms. The smallest absolute Gasteiger partial charge is 0.251 e. The minimum atomic E-state index is -0.123. The maximum atomic E-state index is 12.4. The number of fused-ring (bicyclic) bond motifs is 1. The number of carbonyl (C=O) groups is 1. The third kappa shape index (κ3) is 4.76. The number of pyridine rings is 1. The second-order valence-corrected chi connectivity index (χ2v) is 6.62. The Morgan fingerprint density at radius 2 is 1.81 bits per heavy atom. The number of ether oxygens (including phenoxy) is 1. The molecule has 0 atom stereocenters. The summed E-state index contributed by atoms with van der Waals surface area (Å²) in [5.74, 6) is 0.861. The van der Waals surface area contributed by atoms with E-state index in [0.29, 0.717) is 24.9 Å². The summed E-state index contributed by atoms with van der Waals surface area (Å²) in [7, 11) is 3.44. The fourth-order valence-electron chi connectivity index (χ4n) is 3.02. The first-order chi connectivity index (χ1) is 13.1. The van der Waals surface area contributed by atoms with Crippen molar-refractivity contribution in [1.82, 2.24) is 9.88 Å². The molecule has 5 nitrogen and oxygen atoms in total. The van der Waals surface area contributed by atoms with Gasteiger partial charge in [-0.25, -0.2) is 0 Å². The van der Waals surface area contributed by atoms with Gasteiger partial charge in [-0.15, -0.1) is 0 Å². The van der Waals surface area contributed by atoms with E-state index in [2.05, 4.69) is 4.98 Å². The molecule has 0 bridgehead atoms. The van der Waals surface area contributed by atoms with Gasteiger partial charge in [-0.3, -0.25) is 9.59 Å². The van der Waals surface area contributed by atoms with Gasteiger partial charge in [-0.05, 0) is 48.1 Å². The van der Waals surface area contributed by atoms with Gasteiger partial charge in [0.2, 0.25) is 5.91 Å². The van der Waals surface area contributed by atoms with Crippen LogP contribution < -0.4 is 10.3 Å². The maximum absolute atomic E-state index is 12.4. The molecule has 1 heterocycles. The molecular formula is C22H24N2O3. The molecule has 27 heavy (non-hydrogen) atoms. The van der Waals surface area contributed by atoms with Crippen LogP contribution in [0, 0.1) is 0 Å². The zero-order valence-corrected chi connectivity index (χ0v) is 15.7. The summed E-state index contributed by atoms with van der Waals surface area (Å²) in [6, 6.07) is 17.4. The van der Waals surface area contributed by atoms with Gasteiger partial charge in [0.25, 0.3) is 5.56 Å². The number of hydrogen-bond donors (Lipinski definition) is 1. The van der Waals surface area contributed by atoms with Crippen LogP contribution in [0.25, 0.3) is 10.9 Å². The van der Waals surface area contributed by atoms with Gasteiger partial charge < -0.3 is 14.6 Å². The predicted molar refractivity (Wildman–Crippen MR) is 107 cm³/mol. The first kappa shape index (κ1) is 18.7. The van der Waals surface area contributed by atoms with Crippen molar-refractivity contribution < 1.29 is 9.53 Å². The number of aromatic nitrogens is 1. The average molecular weight is 364 g/mol. The molecule has 3 rings (SSSR count). The zero-order chi connectivity index (χ0) is 19.2. The summed E-state index contributed by atoms with van der Waals surface area (Å²) in [5.41, 5.74) is 2.49. The first-order valence-corrected chi connectivity index (χ1v) is 9.04. The molecule has 0 radical (unpaired) electrons. The van der Waals surface area contributed by atoms with Crippen molar-refractivity contribution in [3.05, 3.63) is 76.1 Å². The highest BCUT2D eigenvalue weighted by Crippen LogP contribution is 2.13. The third-order valence-corrected chi connectivity index (χ3v) is 4.76. The molecule has 0 fully saturated rings. The summed E-state index contributed by atoms with van der Waals surface area (Å²) in [4.78, 5) is 29.2. The van der Waals surface area contributed by atoms with E-state index in [0.717, 1.165) is 28.6 Å². The monoisotopic (exact) mass is 364 g/mol. The van der Waals surface area contributed by atoms with Gasteiger partial charge in [-0.2, -0.15) is 0 Å². The van der Waals surface area contributed by atoms with Crippen molar-refractivity contribution in [1.29, 1.82) is 0 Å². The highest BCUT2D eigenvalue weighted by molar-refractivity contribution is 5.79. The Bertz CT molecular complexity index is 977.